The Hall–Kier alpha value is -2.51. The number of carbonyl (C=O) groups is 1. The molecule has 0 spiro atoms. The summed E-state index contributed by atoms with van der Waals surface area (Å²) >= 11 is 2.51. The van der Waals surface area contributed by atoms with Gasteiger partial charge in [-0.15, -0.1) is 21.5 Å². The predicted molar refractivity (Wildman–Crippen MR) is 115 cm³/mol. The molecule has 0 aliphatic heterocycles. The maximum Gasteiger partial charge on any atom is 0.236 e. The minimum Gasteiger partial charge on any atom is -0.308 e. The second-order valence-electron chi connectivity index (χ2n) is 6.33. The highest BCUT2D eigenvalue weighted by Gasteiger charge is 2.22. The zero-order valence-corrected chi connectivity index (χ0v) is 18.8. The Labute approximate surface area is 181 Å². The third kappa shape index (κ3) is 5.55. The van der Waals surface area contributed by atoms with Crippen molar-refractivity contribution < 1.29 is 17.6 Å². The van der Waals surface area contributed by atoms with E-state index >= 15 is 0 Å². The first-order chi connectivity index (χ1) is 14.1. The Bertz CT molecular complexity index is 1140. The average Bonchev–Trinajstić information content (AvgIpc) is 3.23. The number of thioether (sulfide) groups is 1. The van der Waals surface area contributed by atoms with Crippen LogP contribution in [0.4, 0.5) is 15.2 Å². The van der Waals surface area contributed by atoms with Crippen LogP contribution in [-0.4, -0.2) is 46.1 Å². The van der Waals surface area contributed by atoms with Crippen LogP contribution in [0.15, 0.2) is 34.8 Å². The fraction of sp³-hybridized carbons (Fsp3) is 0.294. The van der Waals surface area contributed by atoms with Crippen LogP contribution < -0.4 is 9.62 Å². The fourth-order valence-corrected chi connectivity index (χ4v) is 4.73. The van der Waals surface area contributed by atoms with Gasteiger partial charge in [0.1, 0.15) is 5.82 Å². The summed E-state index contributed by atoms with van der Waals surface area (Å²) in [6.07, 6.45) is 1.06. The molecule has 30 heavy (non-hydrogen) atoms. The Morgan fingerprint density at radius 3 is 2.60 bits per heavy atom. The van der Waals surface area contributed by atoms with Crippen molar-refractivity contribution in [2.24, 2.45) is 7.05 Å². The number of carbonyl (C=O) groups excluding carboxylic acids is 1. The van der Waals surface area contributed by atoms with E-state index in [0.717, 1.165) is 16.3 Å². The van der Waals surface area contributed by atoms with Gasteiger partial charge in [0.15, 0.2) is 16.1 Å². The van der Waals surface area contributed by atoms with Gasteiger partial charge in [-0.1, -0.05) is 11.8 Å². The Morgan fingerprint density at radius 2 is 2.00 bits per heavy atom. The summed E-state index contributed by atoms with van der Waals surface area (Å²) in [5.74, 6) is -0.222. The van der Waals surface area contributed by atoms with Crippen molar-refractivity contribution in [3.63, 3.8) is 0 Å². The molecule has 0 unspecified atom stereocenters. The summed E-state index contributed by atoms with van der Waals surface area (Å²) < 4.78 is 40.4. The van der Waals surface area contributed by atoms with E-state index in [1.807, 2.05) is 12.3 Å². The van der Waals surface area contributed by atoms with Gasteiger partial charge in [-0.25, -0.2) is 17.8 Å². The minimum absolute atomic E-state index is 0.0842. The topological polar surface area (TPSA) is 110 Å². The van der Waals surface area contributed by atoms with Gasteiger partial charge in [-0.2, -0.15) is 0 Å². The molecule has 2 aromatic heterocycles. The van der Waals surface area contributed by atoms with Crippen LogP contribution in [0.2, 0.25) is 0 Å². The van der Waals surface area contributed by atoms with Crippen molar-refractivity contribution in [1.82, 2.24) is 19.7 Å². The number of benzene rings is 1. The van der Waals surface area contributed by atoms with Crippen LogP contribution in [0.25, 0.3) is 0 Å². The number of aryl methyl sites for hydroxylation is 1. The van der Waals surface area contributed by atoms with E-state index in [1.54, 1.807) is 11.6 Å². The number of hydrogen-bond donors (Lipinski definition) is 1. The van der Waals surface area contributed by atoms with E-state index in [1.165, 1.54) is 47.4 Å². The molecule has 0 saturated heterocycles. The molecule has 0 saturated carbocycles. The van der Waals surface area contributed by atoms with Crippen molar-refractivity contribution >= 4 is 49.8 Å². The van der Waals surface area contributed by atoms with E-state index in [0.29, 0.717) is 21.8 Å². The smallest absolute Gasteiger partial charge is 0.236 e. The second-order valence-corrected chi connectivity index (χ2v) is 10.0. The van der Waals surface area contributed by atoms with E-state index in [9.17, 15) is 17.6 Å². The number of sulfonamides is 1. The summed E-state index contributed by atoms with van der Waals surface area (Å²) in [4.78, 5) is 16.3. The number of amides is 1. The quantitative estimate of drug-likeness (QED) is 0.504. The van der Waals surface area contributed by atoms with Gasteiger partial charge < -0.3 is 9.88 Å². The average molecular weight is 471 g/mol. The molecule has 160 valence electrons. The predicted octanol–water partition coefficient (Wildman–Crippen LogP) is 2.42. The summed E-state index contributed by atoms with van der Waals surface area (Å²) in [6.45, 7) is 1.76. The fourth-order valence-electron chi connectivity index (χ4n) is 2.44. The molecule has 0 bridgehead atoms. The van der Waals surface area contributed by atoms with Gasteiger partial charge in [-0.3, -0.25) is 9.10 Å². The lowest BCUT2D eigenvalue weighted by Crippen LogP contribution is -2.30. The highest BCUT2D eigenvalue weighted by Crippen LogP contribution is 2.23. The Morgan fingerprint density at radius 1 is 1.30 bits per heavy atom. The van der Waals surface area contributed by atoms with Crippen LogP contribution in [0, 0.1) is 12.7 Å². The first-order valence-electron chi connectivity index (χ1n) is 8.60. The summed E-state index contributed by atoms with van der Waals surface area (Å²) in [5, 5.41) is 13.6. The molecule has 1 amide bonds. The van der Waals surface area contributed by atoms with Crippen LogP contribution in [0.3, 0.4) is 0 Å². The van der Waals surface area contributed by atoms with Crippen molar-refractivity contribution in [1.29, 1.82) is 0 Å². The van der Waals surface area contributed by atoms with E-state index in [4.69, 9.17) is 0 Å². The molecule has 3 rings (SSSR count). The third-order valence-electron chi connectivity index (χ3n) is 3.92. The van der Waals surface area contributed by atoms with E-state index < -0.39 is 15.8 Å². The SMILES string of the molecule is Cc1csc(NC(=O)CSc2nnc(CN(c3ccc(F)cc3)S(C)(=O)=O)n2C)n1. The van der Waals surface area contributed by atoms with Gasteiger partial charge in [-0.05, 0) is 31.2 Å². The highest BCUT2D eigenvalue weighted by molar-refractivity contribution is 7.99. The van der Waals surface area contributed by atoms with Crippen LogP contribution >= 0.6 is 23.1 Å². The summed E-state index contributed by atoms with van der Waals surface area (Å²) in [6, 6.07) is 5.14. The van der Waals surface area contributed by atoms with Crippen LogP contribution in [-0.2, 0) is 28.4 Å². The Balaban J connectivity index is 1.68. The normalized spacial score (nSPS) is 11.5. The van der Waals surface area contributed by atoms with Gasteiger partial charge in [0, 0.05) is 12.4 Å². The molecule has 0 aliphatic carbocycles. The molecule has 0 aliphatic rings. The van der Waals surface area contributed by atoms with Gasteiger partial charge in [0.05, 0.1) is 29.9 Å². The molecule has 0 atom stereocenters. The van der Waals surface area contributed by atoms with Crippen LogP contribution in [0.1, 0.15) is 11.5 Å². The maximum absolute atomic E-state index is 13.2. The van der Waals surface area contributed by atoms with E-state index in [-0.39, 0.29) is 18.2 Å². The number of thiazole rings is 1. The number of hydrogen-bond acceptors (Lipinski definition) is 8. The van der Waals surface area contributed by atoms with Gasteiger partial charge >= 0.3 is 0 Å². The number of aromatic nitrogens is 4. The number of halogens is 1. The lowest BCUT2D eigenvalue weighted by atomic mass is 10.3. The second kappa shape index (κ2) is 9.10. The molecule has 1 N–H and O–H groups in total. The minimum atomic E-state index is -3.64. The molecular weight excluding hydrogens is 451 g/mol. The van der Waals surface area contributed by atoms with Crippen molar-refractivity contribution in [3.05, 3.63) is 47.0 Å². The first-order valence-corrected chi connectivity index (χ1v) is 12.3. The first kappa shape index (κ1) is 22.2. The van der Waals surface area contributed by atoms with Crippen LogP contribution in [0.5, 0.6) is 0 Å². The van der Waals surface area contributed by atoms with Crippen molar-refractivity contribution in [3.8, 4) is 0 Å². The number of nitrogens with one attached hydrogen (secondary N) is 1. The molecule has 0 radical (unpaired) electrons. The molecule has 1 aromatic carbocycles. The number of nitrogens with zero attached hydrogens (tertiary/aromatic N) is 5. The summed E-state index contributed by atoms with van der Waals surface area (Å²) in [5.41, 5.74) is 1.15. The number of rotatable bonds is 8. The lowest BCUT2D eigenvalue weighted by molar-refractivity contribution is -0.113. The standard InChI is InChI=1S/C17H19FN6O3S3/c1-11-9-28-16(19-11)20-15(25)10-29-17-22-21-14(23(17)2)8-24(30(3,26)27)13-6-4-12(18)5-7-13/h4-7,9H,8,10H2,1-3H3,(H,19,20,25). The van der Waals surface area contributed by atoms with Crippen molar-refractivity contribution in [2.45, 2.75) is 18.6 Å². The zero-order valence-electron chi connectivity index (χ0n) is 16.4. The molecule has 2 heterocycles. The molecule has 13 heteroatoms. The lowest BCUT2D eigenvalue weighted by Gasteiger charge is -2.21. The number of anilines is 2. The molecular formula is C17H19FN6O3S3. The largest absolute Gasteiger partial charge is 0.308 e. The third-order valence-corrected chi connectivity index (χ3v) is 6.96. The molecule has 3 aromatic rings. The zero-order chi connectivity index (χ0) is 21.9. The van der Waals surface area contributed by atoms with E-state index in [2.05, 4.69) is 20.5 Å². The van der Waals surface area contributed by atoms with Crippen molar-refractivity contribution in [2.75, 3.05) is 21.6 Å². The maximum atomic E-state index is 13.2. The molecule has 0 fully saturated rings. The van der Waals surface area contributed by atoms with Gasteiger partial charge in [0.2, 0.25) is 15.9 Å². The highest BCUT2D eigenvalue weighted by atomic mass is 32.2. The Kier molecular flexibility index (Phi) is 6.73. The molecule has 9 nitrogen and oxygen atoms in total. The summed E-state index contributed by atoms with van der Waals surface area (Å²) in [7, 11) is -1.96. The monoisotopic (exact) mass is 470 g/mol. The van der Waals surface area contributed by atoms with Gasteiger partial charge in [0.25, 0.3) is 0 Å².